The summed E-state index contributed by atoms with van der Waals surface area (Å²) in [5.74, 6) is 0.115. The van der Waals surface area contributed by atoms with Gasteiger partial charge in [0.25, 0.3) is 0 Å². The van der Waals surface area contributed by atoms with Crippen LogP contribution in [0.15, 0.2) is 0 Å². The van der Waals surface area contributed by atoms with Crippen LogP contribution in [-0.2, 0) is 9.59 Å². The first-order valence-electron chi connectivity index (χ1n) is 6.60. The Morgan fingerprint density at radius 2 is 1.44 bits per heavy atom. The molecule has 0 atom stereocenters. The van der Waals surface area contributed by atoms with Crippen LogP contribution in [0.25, 0.3) is 0 Å². The molecule has 0 unspecified atom stereocenters. The Hall–Kier alpha value is -1.14. The molecule has 1 aliphatic heterocycles. The predicted octanol–water partition coefficient (Wildman–Crippen LogP) is -1.04. The van der Waals surface area contributed by atoms with Gasteiger partial charge in [-0.05, 0) is 13.1 Å². The van der Waals surface area contributed by atoms with Gasteiger partial charge in [-0.1, -0.05) is 13.8 Å². The Kier molecular flexibility index (Phi) is 6.07. The van der Waals surface area contributed by atoms with Crippen molar-refractivity contribution in [2.24, 2.45) is 5.73 Å². The zero-order chi connectivity index (χ0) is 13.5. The van der Waals surface area contributed by atoms with Crippen molar-refractivity contribution in [2.75, 3.05) is 52.4 Å². The van der Waals surface area contributed by atoms with Crippen molar-refractivity contribution in [3.8, 4) is 0 Å². The van der Waals surface area contributed by atoms with Crippen LogP contribution in [0.1, 0.15) is 13.8 Å². The van der Waals surface area contributed by atoms with Gasteiger partial charge >= 0.3 is 0 Å². The fourth-order valence-electron chi connectivity index (χ4n) is 2.07. The second-order valence-electron chi connectivity index (χ2n) is 4.43. The normalized spacial score (nSPS) is 16.2. The van der Waals surface area contributed by atoms with Gasteiger partial charge in [0.05, 0.1) is 13.1 Å². The molecule has 18 heavy (non-hydrogen) atoms. The Balaban J connectivity index is 2.38. The molecule has 1 fully saturated rings. The highest BCUT2D eigenvalue weighted by Crippen LogP contribution is 2.03. The summed E-state index contributed by atoms with van der Waals surface area (Å²) >= 11 is 0. The predicted molar refractivity (Wildman–Crippen MR) is 70.0 cm³/mol. The minimum atomic E-state index is -0.0363. The second kappa shape index (κ2) is 7.33. The molecular formula is C12H24N4O2. The van der Waals surface area contributed by atoms with Gasteiger partial charge in [-0.3, -0.25) is 14.5 Å². The first-order valence-corrected chi connectivity index (χ1v) is 6.60. The van der Waals surface area contributed by atoms with Crippen LogP contribution in [0.2, 0.25) is 0 Å². The number of carbonyl (C=O) groups is 2. The number of rotatable bonds is 5. The van der Waals surface area contributed by atoms with E-state index in [4.69, 9.17) is 5.73 Å². The lowest BCUT2D eigenvalue weighted by molar-refractivity contribution is -0.139. The largest absolute Gasteiger partial charge is 0.338 e. The van der Waals surface area contributed by atoms with E-state index in [1.807, 2.05) is 4.90 Å². The first kappa shape index (κ1) is 14.9. The molecule has 2 amide bonds. The van der Waals surface area contributed by atoms with Gasteiger partial charge in [0, 0.05) is 26.2 Å². The molecule has 0 aromatic carbocycles. The van der Waals surface area contributed by atoms with E-state index in [-0.39, 0.29) is 18.4 Å². The van der Waals surface area contributed by atoms with E-state index in [1.54, 1.807) is 4.90 Å². The molecule has 0 aromatic heterocycles. The van der Waals surface area contributed by atoms with E-state index in [0.29, 0.717) is 32.7 Å². The number of piperazine rings is 1. The third-order valence-electron chi connectivity index (χ3n) is 3.41. The fourth-order valence-corrected chi connectivity index (χ4v) is 2.07. The summed E-state index contributed by atoms with van der Waals surface area (Å²) in [7, 11) is 0. The molecule has 2 N–H and O–H groups in total. The average molecular weight is 256 g/mol. The summed E-state index contributed by atoms with van der Waals surface area (Å²) in [6, 6.07) is 0. The SMILES string of the molecule is CCN(CC)CC(=O)N1CCN(C(=O)CN)CC1. The maximum atomic E-state index is 12.0. The molecule has 6 heteroatoms. The van der Waals surface area contributed by atoms with Gasteiger partial charge < -0.3 is 15.5 Å². The minimum absolute atomic E-state index is 0.0363. The number of amides is 2. The van der Waals surface area contributed by atoms with Crippen molar-refractivity contribution in [1.29, 1.82) is 0 Å². The van der Waals surface area contributed by atoms with E-state index in [1.165, 1.54) is 0 Å². The van der Waals surface area contributed by atoms with E-state index in [2.05, 4.69) is 18.7 Å². The lowest BCUT2D eigenvalue weighted by atomic mass is 10.3. The van der Waals surface area contributed by atoms with Crippen molar-refractivity contribution in [2.45, 2.75) is 13.8 Å². The minimum Gasteiger partial charge on any atom is -0.338 e. The number of hydrogen-bond acceptors (Lipinski definition) is 4. The van der Waals surface area contributed by atoms with E-state index >= 15 is 0 Å². The molecule has 0 saturated carbocycles. The highest BCUT2D eigenvalue weighted by atomic mass is 16.2. The van der Waals surface area contributed by atoms with Gasteiger partial charge in [-0.2, -0.15) is 0 Å². The third-order valence-corrected chi connectivity index (χ3v) is 3.41. The average Bonchev–Trinajstić information content (AvgIpc) is 2.43. The van der Waals surface area contributed by atoms with Crippen molar-refractivity contribution < 1.29 is 9.59 Å². The molecular weight excluding hydrogens is 232 g/mol. The van der Waals surface area contributed by atoms with Gasteiger partial charge in [-0.15, -0.1) is 0 Å². The number of nitrogens with two attached hydrogens (primary N) is 1. The quantitative estimate of drug-likeness (QED) is 0.682. The standard InChI is InChI=1S/C12H24N4O2/c1-3-14(4-2)10-12(18)16-7-5-15(6-8-16)11(17)9-13/h3-10,13H2,1-2H3. The van der Waals surface area contributed by atoms with Crippen molar-refractivity contribution in [1.82, 2.24) is 14.7 Å². The number of nitrogens with zero attached hydrogens (tertiary/aromatic N) is 3. The maximum absolute atomic E-state index is 12.0. The molecule has 0 radical (unpaired) electrons. The summed E-state index contributed by atoms with van der Waals surface area (Å²) < 4.78 is 0. The van der Waals surface area contributed by atoms with Crippen LogP contribution in [-0.4, -0.2) is 78.9 Å². The van der Waals surface area contributed by atoms with Gasteiger partial charge in [-0.25, -0.2) is 0 Å². The smallest absolute Gasteiger partial charge is 0.236 e. The van der Waals surface area contributed by atoms with E-state index in [9.17, 15) is 9.59 Å². The first-order chi connectivity index (χ1) is 8.62. The Morgan fingerprint density at radius 3 is 1.83 bits per heavy atom. The molecule has 1 rings (SSSR count). The number of hydrogen-bond donors (Lipinski definition) is 1. The molecule has 104 valence electrons. The summed E-state index contributed by atoms with van der Waals surface area (Å²) in [5.41, 5.74) is 5.32. The Morgan fingerprint density at radius 1 is 1.00 bits per heavy atom. The lowest BCUT2D eigenvalue weighted by Crippen LogP contribution is -2.53. The lowest BCUT2D eigenvalue weighted by Gasteiger charge is -2.35. The van der Waals surface area contributed by atoms with Crippen LogP contribution in [0.5, 0.6) is 0 Å². The number of likely N-dealkylation sites (N-methyl/N-ethyl adjacent to an activating group) is 1. The van der Waals surface area contributed by atoms with Crippen molar-refractivity contribution in [3.05, 3.63) is 0 Å². The summed E-state index contributed by atoms with van der Waals surface area (Å²) in [6.07, 6.45) is 0. The topological polar surface area (TPSA) is 69.9 Å². The van der Waals surface area contributed by atoms with Crippen LogP contribution in [0.4, 0.5) is 0 Å². The highest BCUT2D eigenvalue weighted by molar-refractivity contribution is 5.80. The maximum Gasteiger partial charge on any atom is 0.236 e. The summed E-state index contributed by atoms with van der Waals surface area (Å²) in [6.45, 7) is 8.81. The molecule has 1 aliphatic rings. The van der Waals surface area contributed by atoms with E-state index < -0.39 is 0 Å². The summed E-state index contributed by atoms with van der Waals surface area (Å²) in [4.78, 5) is 29.1. The van der Waals surface area contributed by atoms with Gasteiger partial charge in [0.1, 0.15) is 0 Å². The van der Waals surface area contributed by atoms with Crippen LogP contribution in [0, 0.1) is 0 Å². The van der Waals surface area contributed by atoms with E-state index in [0.717, 1.165) is 13.1 Å². The molecule has 1 saturated heterocycles. The van der Waals surface area contributed by atoms with Crippen molar-refractivity contribution >= 4 is 11.8 Å². The third kappa shape index (κ3) is 3.96. The second-order valence-corrected chi connectivity index (χ2v) is 4.43. The monoisotopic (exact) mass is 256 g/mol. The molecule has 0 aromatic rings. The van der Waals surface area contributed by atoms with Crippen LogP contribution >= 0.6 is 0 Å². The number of carbonyl (C=O) groups excluding carboxylic acids is 2. The fraction of sp³-hybridized carbons (Fsp3) is 0.833. The van der Waals surface area contributed by atoms with Gasteiger partial charge in [0.15, 0.2) is 0 Å². The molecule has 0 spiro atoms. The molecule has 1 heterocycles. The summed E-state index contributed by atoms with van der Waals surface area (Å²) in [5, 5.41) is 0. The van der Waals surface area contributed by atoms with Crippen LogP contribution in [0.3, 0.4) is 0 Å². The molecule has 6 nitrogen and oxygen atoms in total. The zero-order valence-corrected chi connectivity index (χ0v) is 11.4. The van der Waals surface area contributed by atoms with Gasteiger partial charge in [0.2, 0.25) is 11.8 Å². The zero-order valence-electron chi connectivity index (χ0n) is 11.4. The Labute approximate surface area is 109 Å². The van der Waals surface area contributed by atoms with Crippen LogP contribution < -0.4 is 5.73 Å². The van der Waals surface area contributed by atoms with Crippen molar-refractivity contribution in [3.63, 3.8) is 0 Å². The molecule has 0 bridgehead atoms. The highest BCUT2D eigenvalue weighted by Gasteiger charge is 2.23. The Bertz CT molecular complexity index is 284. The molecule has 0 aliphatic carbocycles.